The first-order valence-corrected chi connectivity index (χ1v) is 6.68. The van der Waals surface area contributed by atoms with Gasteiger partial charge in [0.15, 0.2) is 5.69 Å². The number of methoxy groups -OCH3 is 1. The fraction of sp³-hybridized carbons (Fsp3) is 0.538. The van der Waals surface area contributed by atoms with Gasteiger partial charge in [-0.25, -0.2) is 14.5 Å². The average molecular weight is 293 g/mol. The van der Waals surface area contributed by atoms with E-state index in [0.717, 1.165) is 5.69 Å². The van der Waals surface area contributed by atoms with Gasteiger partial charge in [-0.3, -0.25) is 0 Å². The number of carbonyl (C=O) groups is 1. The van der Waals surface area contributed by atoms with Gasteiger partial charge in [-0.05, 0) is 13.8 Å². The summed E-state index contributed by atoms with van der Waals surface area (Å²) in [5.41, 5.74) is 1.51. The van der Waals surface area contributed by atoms with Crippen LogP contribution in [0.25, 0.3) is 11.4 Å². The standard InChI is InChI=1S/C13H19N5O3/c1-5-21-13(19)11-12(10-6-14-8-17(10)3)18(16-15-11)7-9(2)20-4/h6,8-9H,5,7H2,1-4H3. The largest absolute Gasteiger partial charge is 0.461 e. The molecule has 8 heteroatoms. The van der Waals surface area contributed by atoms with E-state index in [0.29, 0.717) is 12.2 Å². The Morgan fingerprint density at radius 3 is 2.81 bits per heavy atom. The summed E-state index contributed by atoms with van der Waals surface area (Å²) in [4.78, 5) is 16.1. The maximum Gasteiger partial charge on any atom is 0.361 e. The molecule has 0 aliphatic heterocycles. The molecule has 0 spiro atoms. The predicted molar refractivity (Wildman–Crippen MR) is 74.7 cm³/mol. The van der Waals surface area contributed by atoms with E-state index in [-0.39, 0.29) is 18.4 Å². The highest BCUT2D eigenvalue weighted by Crippen LogP contribution is 2.22. The number of nitrogens with zero attached hydrogens (tertiary/aromatic N) is 5. The second-order valence-electron chi connectivity index (χ2n) is 4.63. The fourth-order valence-electron chi connectivity index (χ4n) is 1.93. The van der Waals surface area contributed by atoms with Crippen molar-refractivity contribution in [3.63, 3.8) is 0 Å². The first kappa shape index (κ1) is 15.2. The van der Waals surface area contributed by atoms with Crippen LogP contribution in [-0.2, 0) is 23.1 Å². The Morgan fingerprint density at radius 1 is 1.48 bits per heavy atom. The molecule has 0 N–H and O–H groups in total. The van der Waals surface area contributed by atoms with Gasteiger partial charge in [0.05, 0.1) is 37.5 Å². The number of esters is 1. The Balaban J connectivity index is 2.48. The smallest absolute Gasteiger partial charge is 0.361 e. The second kappa shape index (κ2) is 6.49. The van der Waals surface area contributed by atoms with E-state index in [9.17, 15) is 4.79 Å². The first-order valence-electron chi connectivity index (χ1n) is 6.68. The Morgan fingerprint density at radius 2 is 2.24 bits per heavy atom. The van der Waals surface area contributed by atoms with Crippen molar-refractivity contribution in [1.29, 1.82) is 0 Å². The summed E-state index contributed by atoms with van der Waals surface area (Å²) in [5, 5.41) is 8.01. The molecule has 8 nitrogen and oxygen atoms in total. The van der Waals surface area contributed by atoms with Crippen LogP contribution in [0.15, 0.2) is 12.5 Å². The van der Waals surface area contributed by atoms with Gasteiger partial charge in [0.25, 0.3) is 0 Å². The number of hydrogen-bond acceptors (Lipinski definition) is 6. The maximum absolute atomic E-state index is 12.0. The number of rotatable bonds is 6. The third-order valence-electron chi connectivity index (χ3n) is 3.10. The lowest BCUT2D eigenvalue weighted by molar-refractivity contribution is 0.0520. The zero-order chi connectivity index (χ0) is 15.4. The quantitative estimate of drug-likeness (QED) is 0.735. The molecular weight excluding hydrogens is 274 g/mol. The van der Waals surface area contributed by atoms with E-state index < -0.39 is 5.97 Å². The van der Waals surface area contributed by atoms with Crippen LogP contribution < -0.4 is 0 Å². The van der Waals surface area contributed by atoms with Gasteiger partial charge >= 0.3 is 5.97 Å². The topological polar surface area (TPSA) is 84.1 Å². The molecule has 0 aliphatic rings. The highest BCUT2D eigenvalue weighted by atomic mass is 16.5. The van der Waals surface area contributed by atoms with E-state index in [4.69, 9.17) is 9.47 Å². The molecular formula is C13H19N5O3. The molecule has 0 bridgehead atoms. The van der Waals surface area contributed by atoms with Gasteiger partial charge < -0.3 is 14.0 Å². The molecule has 2 aromatic heterocycles. The highest BCUT2D eigenvalue weighted by molar-refractivity contribution is 5.93. The van der Waals surface area contributed by atoms with Crippen LogP contribution in [0.5, 0.6) is 0 Å². The minimum atomic E-state index is -0.495. The maximum atomic E-state index is 12.0. The Hall–Kier alpha value is -2.22. The minimum absolute atomic E-state index is 0.0614. The molecule has 0 aliphatic carbocycles. The monoisotopic (exact) mass is 293 g/mol. The highest BCUT2D eigenvalue weighted by Gasteiger charge is 2.24. The van der Waals surface area contributed by atoms with Gasteiger partial charge in [0, 0.05) is 14.2 Å². The second-order valence-corrected chi connectivity index (χ2v) is 4.63. The van der Waals surface area contributed by atoms with E-state index in [1.165, 1.54) is 0 Å². The summed E-state index contributed by atoms with van der Waals surface area (Å²) in [5.74, 6) is -0.495. The Bertz CT molecular complexity index is 619. The van der Waals surface area contributed by atoms with E-state index in [2.05, 4.69) is 15.3 Å². The van der Waals surface area contributed by atoms with E-state index >= 15 is 0 Å². The summed E-state index contributed by atoms with van der Waals surface area (Å²) in [7, 11) is 3.46. The molecule has 1 unspecified atom stereocenters. The lowest BCUT2D eigenvalue weighted by atomic mass is 10.2. The van der Waals surface area contributed by atoms with Crippen molar-refractivity contribution in [2.45, 2.75) is 26.5 Å². The molecule has 114 valence electrons. The number of aromatic nitrogens is 5. The molecule has 0 amide bonds. The van der Waals surface area contributed by atoms with Gasteiger partial charge in [0.1, 0.15) is 5.69 Å². The van der Waals surface area contributed by atoms with Crippen LogP contribution in [0.2, 0.25) is 0 Å². The third kappa shape index (κ3) is 3.10. The molecule has 1 atom stereocenters. The number of hydrogen-bond donors (Lipinski definition) is 0. The van der Waals surface area contributed by atoms with Crippen LogP contribution >= 0.6 is 0 Å². The van der Waals surface area contributed by atoms with Crippen molar-refractivity contribution < 1.29 is 14.3 Å². The molecule has 0 fully saturated rings. The molecule has 21 heavy (non-hydrogen) atoms. The van der Waals surface area contributed by atoms with Crippen LogP contribution in [-0.4, -0.2) is 50.3 Å². The van der Waals surface area contributed by atoms with Crippen molar-refractivity contribution in [1.82, 2.24) is 24.5 Å². The van der Waals surface area contributed by atoms with Crippen LogP contribution in [0.1, 0.15) is 24.3 Å². The summed E-state index contributed by atoms with van der Waals surface area (Å²) in [6.07, 6.45) is 3.25. The summed E-state index contributed by atoms with van der Waals surface area (Å²) in [6, 6.07) is 0. The van der Waals surface area contributed by atoms with Crippen LogP contribution in [0.4, 0.5) is 0 Å². The fourth-order valence-corrected chi connectivity index (χ4v) is 1.93. The SMILES string of the molecule is CCOC(=O)c1nnn(CC(C)OC)c1-c1cncn1C. The molecule has 0 saturated heterocycles. The van der Waals surface area contributed by atoms with Crippen molar-refractivity contribution in [3.05, 3.63) is 18.2 Å². The molecule has 2 aromatic rings. The molecule has 0 saturated carbocycles. The molecule has 2 rings (SSSR count). The van der Waals surface area contributed by atoms with E-state index in [1.54, 1.807) is 35.8 Å². The Kier molecular flexibility index (Phi) is 4.69. The normalized spacial score (nSPS) is 12.4. The summed E-state index contributed by atoms with van der Waals surface area (Å²) in [6.45, 7) is 4.42. The first-order chi connectivity index (χ1) is 10.1. The van der Waals surface area contributed by atoms with E-state index in [1.807, 2.05) is 14.0 Å². The van der Waals surface area contributed by atoms with Crippen LogP contribution in [0.3, 0.4) is 0 Å². The van der Waals surface area contributed by atoms with Crippen molar-refractivity contribution in [2.24, 2.45) is 7.05 Å². The average Bonchev–Trinajstić information content (AvgIpc) is 3.05. The molecule has 0 aromatic carbocycles. The number of carbonyl (C=O) groups excluding carboxylic acids is 1. The van der Waals surface area contributed by atoms with Gasteiger partial charge in [-0.1, -0.05) is 5.21 Å². The lowest BCUT2D eigenvalue weighted by Gasteiger charge is -2.12. The number of ether oxygens (including phenoxy) is 2. The zero-order valence-electron chi connectivity index (χ0n) is 12.6. The number of imidazole rings is 1. The lowest BCUT2D eigenvalue weighted by Crippen LogP contribution is -2.17. The Labute approximate surface area is 122 Å². The van der Waals surface area contributed by atoms with Crippen molar-refractivity contribution >= 4 is 5.97 Å². The summed E-state index contributed by atoms with van der Waals surface area (Å²) >= 11 is 0. The summed E-state index contributed by atoms with van der Waals surface area (Å²) < 4.78 is 13.7. The molecule has 0 radical (unpaired) electrons. The van der Waals surface area contributed by atoms with Crippen LogP contribution in [0, 0.1) is 0 Å². The van der Waals surface area contributed by atoms with Gasteiger partial charge in [-0.2, -0.15) is 0 Å². The van der Waals surface area contributed by atoms with Gasteiger partial charge in [-0.15, -0.1) is 5.10 Å². The minimum Gasteiger partial charge on any atom is -0.461 e. The van der Waals surface area contributed by atoms with Gasteiger partial charge in [0.2, 0.25) is 0 Å². The third-order valence-corrected chi connectivity index (χ3v) is 3.10. The number of aryl methyl sites for hydroxylation is 1. The van der Waals surface area contributed by atoms with Crippen molar-refractivity contribution in [3.8, 4) is 11.4 Å². The zero-order valence-corrected chi connectivity index (χ0v) is 12.6. The molecule has 2 heterocycles. The van der Waals surface area contributed by atoms with Crippen molar-refractivity contribution in [2.75, 3.05) is 13.7 Å². The predicted octanol–water partition coefficient (Wildman–Crippen LogP) is 0.890.